The number of nitrogens with one attached hydrogen (secondary N) is 1. The van der Waals surface area contributed by atoms with Crippen LogP contribution in [0.15, 0.2) is 48.7 Å². The lowest BCUT2D eigenvalue weighted by atomic mass is 9.77. The van der Waals surface area contributed by atoms with E-state index in [1.807, 2.05) is 30.5 Å². The standard InChI is InChI=1S/C24H23F2N3O2/c25-19-3-4-20(26)18(13-19)15-29-12-8-24(23(29)31)6-10-28(11-7-24)22(30)17-2-1-16-5-9-27-21(16)14-17/h1-5,9,13-14,27H,6-8,10-12,15H2. The quantitative estimate of drug-likeness (QED) is 0.690. The third-order valence-electron chi connectivity index (χ3n) is 6.78. The van der Waals surface area contributed by atoms with Crippen LogP contribution in [0.4, 0.5) is 8.78 Å². The van der Waals surface area contributed by atoms with Crippen molar-refractivity contribution in [2.45, 2.75) is 25.8 Å². The molecule has 3 heterocycles. The van der Waals surface area contributed by atoms with Crippen molar-refractivity contribution in [1.29, 1.82) is 0 Å². The molecule has 31 heavy (non-hydrogen) atoms. The Morgan fingerprint density at radius 2 is 1.77 bits per heavy atom. The second-order valence-electron chi connectivity index (χ2n) is 8.56. The van der Waals surface area contributed by atoms with E-state index < -0.39 is 17.0 Å². The molecule has 0 saturated carbocycles. The molecule has 2 saturated heterocycles. The van der Waals surface area contributed by atoms with E-state index in [1.54, 1.807) is 9.80 Å². The van der Waals surface area contributed by atoms with Gasteiger partial charge >= 0.3 is 0 Å². The number of rotatable bonds is 3. The highest BCUT2D eigenvalue weighted by Gasteiger charge is 2.48. The molecule has 2 amide bonds. The SMILES string of the molecule is O=C(c1ccc2cc[nH]c2c1)N1CCC2(CC1)CCN(Cc1cc(F)ccc1F)C2=O. The average molecular weight is 423 g/mol. The van der Waals surface area contributed by atoms with E-state index in [9.17, 15) is 18.4 Å². The summed E-state index contributed by atoms with van der Waals surface area (Å²) in [7, 11) is 0. The number of aromatic amines is 1. The third-order valence-corrected chi connectivity index (χ3v) is 6.78. The lowest BCUT2D eigenvalue weighted by molar-refractivity contribution is -0.138. The summed E-state index contributed by atoms with van der Waals surface area (Å²) < 4.78 is 27.5. The van der Waals surface area contributed by atoms with Gasteiger partial charge < -0.3 is 14.8 Å². The number of aromatic nitrogens is 1. The van der Waals surface area contributed by atoms with Crippen LogP contribution < -0.4 is 0 Å². The Hall–Kier alpha value is -3.22. The van der Waals surface area contributed by atoms with Gasteiger partial charge in [0.2, 0.25) is 5.91 Å². The van der Waals surface area contributed by atoms with E-state index in [4.69, 9.17) is 0 Å². The van der Waals surface area contributed by atoms with E-state index >= 15 is 0 Å². The maximum atomic E-state index is 14.0. The molecule has 2 aromatic carbocycles. The summed E-state index contributed by atoms with van der Waals surface area (Å²) in [6, 6.07) is 10.9. The zero-order valence-electron chi connectivity index (χ0n) is 17.0. The maximum absolute atomic E-state index is 14.0. The van der Waals surface area contributed by atoms with Gasteiger partial charge in [-0.15, -0.1) is 0 Å². The van der Waals surface area contributed by atoms with Gasteiger partial charge in [0.1, 0.15) is 11.6 Å². The molecular formula is C24H23F2N3O2. The van der Waals surface area contributed by atoms with Gasteiger partial charge in [0.05, 0.1) is 5.41 Å². The van der Waals surface area contributed by atoms with Crippen molar-refractivity contribution in [1.82, 2.24) is 14.8 Å². The molecule has 2 aliphatic heterocycles. The highest BCUT2D eigenvalue weighted by Crippen LogP contribution is 2.42. The van der Waals surface area contributed by atoms with Crippen LogP contribution in [0.25, 0.3) is 10.9 Å². The molecule has 0 bridgehead atoms. The number of fused-ring (bicyclic) bond motifs is 1. The Balaban J connectivity index is 1.25. The Labute approximate surface area is 178 Å². The number of carbonyl (C=O) groups excluding carboxylic acids is 2. The van der Waals surface area contributed by atoms with Gasteiger partial charge in [-0.2, -0.15) is 0 Å². The average Bonchev–Trinajstić information content (AvgIpc) is 3.36. The summed E-state index contributed by atoms with van der Waals surface area (Å²) in [5.41, 5.74) is 1.24. The molecule has 0 unspecified atom stereocenters. The van der Waals surface area contributed by atoms with Crippen LogP contribution in [0.1, 0.15) is 35.2 Å². The lowest BCUT2D eigenvalue weighted by Crippen LogP contribution is -2.46. The van der Waals surface area contributed by atoms with Gasteiger partial charge in [-0.05, 0) is 61.0 Å². The molecule has 3 aromatic rings. The minimum atomic E-state index is -0.512. The fourth-order valence-electron chi connectivity index (χ4n) is 4.88. The number of carbonyl (C=O) groups is 2. The second kappa shape index (κ2) is 7.48. The summed E-state index contributed by atoms with van der Waals surface area (Å²) in [4.78, 5) is 32.7. The fourth-order valence-corrected chi connectivity index (χ4v) is 4.88. The minimum absolute atomic E-state index is 0.0175. The number of halogens is 2. The van der Waals surface area contributed by atoms with Crippen LogP contribution in [0.3, 0.4) is 0 Å². The molecule has 5 rings (SSSR count). The molecule has 5 nitrogen and oxygen atoms in total. The zero-order chi connectivity index (χ0) is 21.6. The monoisotopic (exact) mass is 423 g/mol. The summed E-state index contributed by atoms with van der Waals surface area (Å²) in [5, 5.41) is 1.06. The van der Waals surface area contributed by atoms with E-state index in [-0.39, 0.29) is 23.9 Å². The highest BCUT2D eigenvalue weighted by molar-refractivity contribution is 5.98. The summed E-state index contributed by atoms with van der Waals surface area (Å²) in [5.74, 6) is -1.07. The molecule has 2 fully saturated rings. The molecule has 7 heteroatoms. The number of piperidine rings is 1. The maximum Gasteiger partial charge on any atom is 0.253 e. The Morgan fingerprint density at radius 3 is 2.58 bits per heavy atom. The van der Waals surface area contributed by atoms with Crippen molar-refractivity contribution >= 4 is 22.7 Å². The molecule has 0 radical (unpaired) electrons. The van der Waals surface area contributed by atoms with Crippen molar-refractivity contribution in [3.05, 3.63) is 71.4 Å². The second-order valence-corrected chi connectivity index (χ2v) is 8.56. The lowest BCUT2D eigenvalue weighted by Gasteiger charge is -2.38. The van der Waals surface area contributed by atoms with Crippen LogP contribution in [-0.2, 0) is 11.3 Å². The molecule has 0 atom stereocenters. The minimum Gasteiger partial charge on any atom is -0.361 e. The molecule has 1 aromatic heterocycles. The van der Waals surface area contributed by atoms with Gasteiger partial charge in [-0.3, -0.25) is 9.59 Å². The first-order valence-electron chi connectivity index (χ1n) is 10.5. The Kier molecular flexibility index (Phi) is 4.76. The van der Waals surface area contributed by atoms with Crippen LogP contribution >= 0.6 is 0 Å². The smallest absolute Gasteiger partial charge is 0.253 e. The number of nitrogens with zero attached hydrogens (tertiary/aromatic N) is 2. The first-order chi connectivity index (χ1) is 14.9. The summed E-state index contributed by atoms with van der Waals surface area (Å²) in [6.07, 6.45) is 3.70. The van der Waals surface area contributed by atoms with Crippen molar-refractivity contribution in [2.24, 2.45) is 5.41 Å². The van der Waals surface area contributed by atoms with E-state index in [0.29, 0.717) is 44.5 Å². The molecule has 160 valence electrons. The number of H-pyrrole nitrogens is 1. The van der Waals surface area contributed by atoms with Crippen LogP contribution in [0.5, 0.6) is 0 Å². The van der Waals surface area contributed by atoms with E-state index in [2.05, 4.69) is 4.98 Å². The fraction of sp³-hybridized carbons (Fsp3) is 0.333. The van der Waals surface area contributed by atoms with Crippen LogP contribution in [0, 0.1) is 17.0 Å². The summed E-state index contributed by atoms with van der Waals surface area (Å²) in [6.45, 7) is 1.61. The predicted octanol–water partition coefficient (Wildman–Crippen LogP) is 4.10. The highest BCUT2D eigenvalue weighted by atomic mass is 19.1. The largest absolute Gasteiger partial charge is 0.361 e. The Bertz CT molecular complexity index is 1160. The number of hydrogen-bond donors (Lipinski definition) is 1. The molecule has 1 spiro atoms. The van der Waals surface area contributed by atoms with Gasteiger partial charge in [-0.1, -0.05) is 6.07 Å². The first kappa shape index (κ1) is 19.7. The topological polar surface area (TPSA) is 56.4 Å². The number of benzene rings is 2. The summed E-state index contributed by atoms with van der Waals surface area (Å²) >= 11 is 0. The Morgan fingerprint density at radius 1 is 1.00 bits per heavy atom. The molecule has 0 aliphatic carbocycles. The van der Waals surface area contributed by atoms with Crippen molar-refractivity contribution in [2.75, 3.05) is 19.6 Å². The van der Waals surface area contributed by atoms with Gasteiger partial charge in [0, 0.05) is 49.0 Å². The number of amides is 2. The van der Waals surface area contributed by atoms with Crippen LogP contribution in [0.2, 0.25) is 0 Å². The molecule has 1 N–H and O–H groups in total. The normalized spacial score (nSPS) is 18.3. The number of hydrogen-bond acceptors (Lipinski definition) is 2. The zero-order valence-corrected chi connectivity index (χ0v) is 17.0. The van der Waals surface area contributed by atoms with E-state index in [0.717, 1.165) is 29.1 Å². The van der Waals surface area contributed by atoms with Crippen molar-refractivity contribution in [3.8, 4) is 0 Å². The van der Waals surface area contributed by atoms with Crippen molar-refractivity contribution < 1.29 is 18.4 Å². The predicted molar refractivity (Wildman–Crippen MR) is 112 cm³/mol. The van der Waals surface area contributed by atoms with Gasteiger partial charge in [0.15, 0.2) is 0 Å². The molecular weight excluding hydrogens is 400 g/mol. The first-order valence-corrected chi connectivity index (χ1v) is 10.5. The van der Waals surface area contributed by atoms with E-state index in [1.165, 1.54) is 0 Å². The number of likely N-dealkylation sites (tertiary alicyclic amines) is 2. The van der Waals surface area contributed by atoms with Crippen LogP contribution in [-0.4, -0.2) is 46.2 Å². The molecule has 2 aliphatic rings. The third kappa shape index (κ3) is 3.48. The van der Waals surface area contributed by atoms with Gasteiger partial charge in [0.25, 0.3) is 5.91 Å². The van der Waals surface area contributed by atoms with Gasteiger partial charge in [-0.25, -0.2) is 8.78 Å². The van der Waals surface area contributed by atoms with Crippen molar-refractivity contribution in [3.63, 3.8) is 0 Å².